The highest BCUT2D eigenvalue weighted by molar-refractivity contribution is 4.86. The second kappa shape index (κ2) is 8.00. The lowest BCUT2D eigenvalue weighted by molar-refractivity contribution is -0.206. The van der Waals surface area contributed by atoms with E-state index < -0.39 is 6.10 Å². The maximum absolute atomic E-state index is 10.1. The normalized spacial score (nSPS) is 33.9. The zero-order chi connectivity index (χ0) is 12.7. The molecule has 1 saturated heterocycles. The zero-order valence-corrected chi connectivity index (χ0v) is 10.8. The molecule has 0 unspecified atom stereocenters. The average Bonchev–Trinajstić information content (AvgIpc) is 2.33. The Morgan fingerprint density at radius 1 is 1.35 bits per heavy atom. The van der Waals surface area contributed by atoms with Gasteiger partial charge < -0.3 is 25.1 Å². The van der Waals surface area contributed by atoms with E-state index in [0.29, 0.717) is 13.2 Å². The molecule has 3 N–H and O–H groups in total. The van der Waals surface area contributed by atoms with Gasteiger partial charge in [0.1, 0.15) is 18.3 Å². The topological polar surface area (TPSA) is 73.9 Å². The summed E-state index contributed by atoms with van der Waals surface area (Å²) in [4.78, 5) is 0. The Hall–Kier alpha value is -0.200. The van der Waals surface area contributed by atoms with Crippen LogP contribution in [0.2, 0.25) is 0 Å². The summed E-state index contributed by atoms with van der Waals surface area (Å²) >= 11 is 0. The van der Waals surface area contributed by atoms with Gasteiger partial charge in [0.15, 0.2) is 0 Å². The second-order valence-corrected chi connectivity index (χ2v) is 4.49. The van der Waals surface area contributed by atoms with E-state index in [9.17, 15) is 5.11 Å². The highest BCUT2D eigenvalue weighted by Gasteiger charge is 2.38. The van der Waals surface area contributed by atoms with Crippen molar-refractivity contribution >= 4 is 0 Å². The zero-order valence-electron chi connectivity index (χ0n) is 10.8. The van der Waals surface area contributed by atoms with Crippen LogP contribution < -0.4 is 5.73 Å². The average molecular weight is 247 g/mol. The summed E-state index contributed by atoms with van der Waals surface area (Å²) in [6.45, 7) is 3.69. The smallest absolute Gasteiger partial charge is 0.112 e. The van der Waals surface area contributed by atoms with Crippen LogP contribution >= 0.6 is 0 Å². The largest absolute Gasteiger partial charge is 0.387 e. The molecule has 0 bridgehead atoms. The molecule has 1 aliphatic heterocycles. The Morgan fingerprint density at radius 2 is 2.12 bits per heavy atom. The fraction of sp³-hybridized carbons (Fsp3) is 1.00. The van der Waals surface area contributed by atoms with E-state index in [2.05, 4.69) is 0 Å². The van der Waals surface area contributed by atoms with Crippen LogP contribution in [0.25, 0.3) is 0 Å². The number of methoxy groups -OCH3 is 1. The summed E-state index contributed by atoms with van der Waals surface area (Å²) in [5, 5.41) is 10.1. The first-order valence-corrected chi connectivity index (χ1v) is 6.34. The Kier molecular flexibility index (Phi) is 6.99. The first-order chi connectivity index (χ1) is 8.20. The molecule has 0 aromatic carbocycles. The molecule has 1 heterocycles. The summed E-state index contributed by atoms with van der Waals surface area (Å²) in [7, 11) is 1.57. The van der Waals surface area contributed by atoms with Crippen molar-refractivity contribution in [3.63, 3.8) is 0 Å². The minimum Gasteiger partial charge on any atom is -0.387 e. The number of ether oxygens (including phenoxy) is 3. The summed E-state index contributed by atoms with van der Waals surface area (Å²) in [6.07, 6.45) is 1.74. The van der Waals surface area contributed by atoms with Crippen molar-refractivity contribution in [2.24, 2.45) is 5.73 Å². The minimum absolute atomic E-state index is 0.0918. The van der Waals surface area contributed by atoms with Gasteiger partial charge in [-0.3, -0.25) is 0 Å². The summed E-state index contributed by atoms with van der Waals surface area (Å²) in [5.74, 6) is 0. The number of rotatable bonds is 7. The molecule has 0 saturated carbocycles. The molecule has 102 valence electrons. The standard InChI is InChI=1S/C12H25NO4/c1-9-12(16-7-5-3-4-6-13)11(14)10(15-2)8-17-9/h9-12,14H,3-8,13H2,1-2H3/t9-,10-,11-,12-/m1/s1. The molecule has 0 aromatic rings. The Labute approximate surface area is 103 Å². The third-order valence-electron chi connectivity index (χ3n) is 3.17. The first kappa shape index (κ1) is 14.9. The highest BCUT2D eigenvalue weighted by atomic mass is 16.6. The molecule has 4 atom stereocenters. The third kappa shape index (κ3) is 4.52. The summed E-state index contributed by atoms with van der Waals surface area (Å²) < 4.78 is 16.4. The molecule has 0 radical (unpaired) electrons. The molecule has 17 heavy (non-hydrogen) atoms. The minimum atomic E-state index is -0.613. The maximum atomic E-state index is 10.1. The Bertz CT molecular complexity index is 203. The molecule has 1 fully saturated rings. The van der Waals surface area contributed by atoms with E-state index >= 15 is 0 Å². The second-order valence-electron chi connectivity index (χ2n) is 4.49. The van der Waals surface area contributed by atoms with E-state index in [0.717, 1.165) is 25.8 Å². The van der Waals surface area contributed by atoms with Gasteiger partial charge in [0.2, 0.25) is 0 Å². The monoisotopic (exact) mass is 247 g/mol. The fourth-order valence-electron chi connectivity index (χ4n) is 2.01. The number of hydrogen-bond acceptors (Lipinski definition) is 5. The number of aliphatic hydroxyl groups is 1. The fourth-order valence-corrected chi connectivity index (χ4v) is 2.01. The number of nitrogens with two attached hydrogens (primary N) is 1. The van der Waals surface area contributed by atoms with Crippen LogP contribution in [0.3, 0.4) is 0 Å². The van der Waals surface area contributed by atoms with E-state index in [1.165, 1.54) is 0 Å². The van der Waals surface area contributed by atoms with E-state index in [1.807, 2.05) is 6.92 Å². The van der Waals surface area contributed by atoms with Gasteiger partial charge in [-0.2, -0.15) is 0 Å². The Balaban J connectivity index is 2.28. The molecule has 5 heteroatoms. The molecule has 0 aromatic heterocycles. The van der Waals surface area contributed by atoms with Crippen LogP contribution in [-0.2, 0) is 14.2 Å². The van der Waals surface area contributed by atoms with Crippen LogP contribution in [-0.4, -0.2) is 56.4 Å². The number of hydrogen-bond donors (Lipinski definition) is 2. The molecule has 5 nitrogen and oxygen atoms in total. The molecular weight excluding hydrogens is 222 g/mol. The van der Waals surface area contributed by atoms with Crippen molar-refractivity contribution in [3.05, 3.63) is 0 Å². The molecule has 1 aliphatic rings. The van der Waals surface area contributed by atoms with E-state index in [-0.39, 0.29) is 18.3 Å². The van der Waals surface area contributed by atoms with Gasteiger partial charge in [-0.25, -0.2) is 0 Å². The summed E-state index contributed by atoms with van der Waals surface area (Å²) in [5.41, 5.74) is 5.42. The highest BCUT2D eigenvalue weighted by Crippen LogP contribution is 2.20. The van der Waals surface area contributed by atoms with Crippen LogP contribution in [0.4, 0.5) is 0 Å². The predicted molar refractivity (Wildman–Crippen MR) is 64.9 cm³/mol. The van der Waals surface area contributed by atoms with Crippen molar-refractivity contribution in [2.45, 2.75) is 50.6 Å². The van der Waals surface area contributed by atoms with Crippen LogP contribution in [0.15, 0.2) is 0 Å². The number of aliphatic hydroxyl groups excluding tert-OH is 1. The van der Waals surface area contributed by atoms with Crippen molar-refractivity contribution in [2.75, 3.05) is 26.9 Å². The predicted octanol–water partition coefficient (Wildman–Crippen LogP) is 0.295. The molecule has 1 rings (SSSR count). The van der Waals surface area contributed by atoms with Gasteiger partial charge in [0, 0.05) is 13.7 Å². The SMILES string of the molecule is CO[C@@H]1CO[C@H](C)[C@@H](OCCCCCN)[C@@H]1O. The van der Waals surface area contributed by atoms with E-state index in [1.54, 1.807) is 7.11 Å². The van der Waals surface area contributed by atoms with Crippen molar-refractivity contribution < 1.29 is 19.3 Å². The molecule has 0 aliphatic carbocycles. The van der Waals surface area contributed by atoms with Crippen LogP contribution in [0.5, 0.6) is 0 Å². The summed E-state index contributed by atoms with van der Waals surface area (Å²) in [6, 6.07) is 0. The lowest BCUT2D eigenvalue weighted by Gasteiger charge is -2.38. The van der Waals surface area contributed by atoms with Gasteiger partial charge >= 0.3 is 0 Å². The van der Waals surface area contributed by atoms with Gasteiger partial charge in [0.05, 0.1) is 12.7 Å². The van der Waals surface area contributed by atoms with E-state index in [4.69, 9.17) is 19.9 Å². The maximum Gasteiger partial charge on any atom is 0.112 e. The van der Waals surface area contributed by atoms with Gasteiger partial charge in [-0.05, 0) is 32.7 Å². The Morgan fingerprint density at radius 3 is 2.76 bits per heavy atom. The van der Waals surface area contributed by atoms with Crippen LogP contribution in [0.1, 0.15) is 26.2 Å². The van der Waals surface area contributed by atoms with Crippen LogP contribution in [0, 0.1) is 0 Å². The van der Waals surface area contributed by atoms with Gasteiger partial charge in [-0.15, -0.1) is 0 Å². The molecule has 0 amide bonds. The van der Waals surface area contributed by atoms with Crippen molar-refractivity contribution in [3.8, 4) is 0 Å². The number of unbranched alkanes of at least 4 members (excludes halogenated alkanes) is 2. The lowest BCUT2D eigenvalue weighted by atomic mass is 10.0. The first-order valence-electron chi connectivity index (χ1n) is 6.34. The van der Waals surface area contributed by atoms with Crippen molar-refractivity contribution in [1.29, 1.82) is 0 Å². The van der Waals surface area contributed by atoms with Gasteiger partial charge in [-0.1, -0.05) is 0 Å². The molecule has 0 spiro atoms. The quantitative estimate of drug-likeness (QED) is 0.633. The molecular formula is C12H25NO4. The van der Waals surface area contributed by atoms with Gasteiger partial charge in [0.25, 0.3) is 0 Å². The lowest BCUT2D eigenvalue weighted by Crippen LogP contribution is -2.53. The van der Waals surface area contributed by atoms with Crippen molar-refractivity contribution in [1.82, 2.24) is 0 Å². The third-order valence-corrected chi connectivity index (χ3v) is 3.17.